The molecule has 0 bridgehead atoms. The van der Waals surface area contributed by atoms with Crippen LogP contribution in [0.2, 0.25) is 5.02 Å². The van der Waals surface area contributed by atoms with E-state index < -0.39 is 11.4 Å². The van der Waals surface area contributed by atoms with E-state index in [2.05, 4.69) is 0 Å². The number of rotatable bonds is 3. The lowest BCUT2D eigenvalue weighted by molar-refractivity contribution is -0.150. The summed E-state index contributed by atoms with van der Waals surface area (Å²) >= 11 is 6.16. The van der Waals surface area contributed by atoms with Crippen molar-refractivity contribution in [3.05, 3.63) is 34.9 Å². The van der Waals surface area contributed by atoms with Gasteiger partial charge in [0, 0.05) is 18.1 Å². The Bertz CT molecular complexity index is 639. The van der Waals surface area contributed by atoms with E-state index in [-0.39, 0.29) is 17.7 Å². The van der Waals surface area contributed by atoms with Crippen LogP contribution in [0.25, 0.3) is 0 Å². The molecule has 2 fully saturated rings. The number of aliphatic carboxylic acids is 1. The van der Waals surface area contributed by atoms with Crippen LogP contribution in [0, 0.1) is 11.8 Å². The minimum Gasteiger partial charge on any atom is -0.481 e. The molecule has 1 aromatic rings. The van der Waals surface area contributed by atoms with Crippen molar-refractivity contribution in [1.82, 2.24) is 4.90 Å². The van der Waals surface area contributed by atoms with Gasteiger partial charge in [-0.3, -0.25) is 9.59 Å². The minimum atomic E-state index is -0.750. The number of carbonyl (C=O) groups excluding carboxylic acids is 1. The van der Waals surface area contributed by atoms with Crippen LogP contribution in [0.3, 0.4) is 0 Å². The van der Waals surface area contributed by atoms with Crippen molar-refractivity contribution >= 4 is 23.5 Å². The molecular formula is C19H24ClNO3. The number of carboxylic acid groups (broad SMARTS) is 1. The quantitative estimate of drug-likeness (QED) is 0.904. The van der Waals surface area contributed by atoms with Gasteiger partial charge in [-0.15, -0.1) is 0 Å². The zero-order chi connectivity index (χ0) is 17.3. The molecule has 0 radical (unpaired) electrons. The molecule has 1 aliphatic carbocycles. The summed E-state index contributed by atoms with van der Waals surface area (Å²) in [6.07, 6.45) is 4.31. The summed E-state index contributed by atoms with van der Waals surface area (Å²) in [5, 5.41) is 9.94. The fraction of sp³-hybridized carbons (Fsp3) is 0.579. The average Bonchev–Trinajstić information content (AvgIpc) is 3.04. The molecule has 5 heteroatoms. The van der Waals surface area contributed by atoms with Gasteiger partial charge in [0.25, 0.3) is 0 Å². The van der Waals surface area contributed by atoms with Gasteiger partial charge in [-0.2, -0.15) is 0 Å². The third-order valence-corrected chi connectivity index (χ3v) is 5.99. The van der Waals surface area contributed by atoms with Crippen LogP contribution in [0.5, 0.6) is 0 Å². The molecule has 4 nitrogen and oxygen atoms in total. The van der Waals surface area contributed by atoms with E-state index in [1.54, 1.807) is 0 Å². The van der Waals surface area contributed by atoms with Gasteiger partial charge in [0.15, 0.2) is 0 Å². The van der Waals surface area contributed by atoms with Gasteiger partial charge in [0.05, 0.1) is 11.3 Å². The Morgan fingerprint density at radius 1 is 1.29 bits per heavy atom. The SMILES string of the molecule is CC1CN(C(=O)C2(c3cccc(Cl)c3)CCCC2)CCC1C(=O)O. The molecular weight excluding hydrogens is 326 g/mol. The first-order valence-electron chi connectivity index (χ1n) is 8.72. The van der Waals surface area contributed by atoms with E-state index >= 15 is 0 Å². The van der Waals surface area contributed by atoms with Crippen LogP contribution in [0.1, 0.15) is 44.6 Å². The van der Waals surface area contributed by atoms with Crippen molar-refractivity contribution in [2.24, 2.45) is 11.8 Å². The fourth-order valence-electron chi connectivity index (χ4n) is 4.39. The minimum absolute atomic E-state index is 0.0157. The van der Waals surface area contributed by atoms with E-state index in [4.69, 9.17) is 11.6 Å². The molecule has 2 unspecified atom stereocenters. The maximum Gasteiger partial charge on any atom is 0.306 e. The number of nitrogens with zero attached hydrogens (tertiary/aromatic N) is 1. The summed E-state index contributed by atoms with van der Waals surface area (Å²) in [5.41, 5.74) is 0.520. The second-order valence-electron chi connectivity index (χ2n) is 7.26. The van der Waals surface area contributed by atoms with E-state index in [1.165, 1.54) is 0 Å². The van der Waals surface area contributed by atoms with Crippen molar-refractivity contribution in [2.75, 3.05) is 13.1 Å². The summed E-state index contributed by atoms with van der Waals surface area (Å²) in [7, 11) is 0. The number of halogens is 1. The molecule has 0 spiro atoms. The molecule has 2 atom stereocenters. The van der Waals surface area contributed by atoms with Crippen molar-refractivity contribution in [3.63, 3.8) is 0 Å². The molecule has 1 N–H and O–H groups in total. The smallest absolute Gasteiger partial charge is 0.306 e. The largest absolute Gasteiger partial charge is 0.481 e. The molecule has 1 heterocycles. The highest BCUT2D eigenvalue weighted by Crippen LogP contribution is 2.44. The Hall–Kier alpha value is -1.55. The summed E-state index contributed by atoms with van der Waals surface area (Å²) in [6.45, 7) is 2.99. The first-order valence-corrected chi connectivity index (χ1v) is 9.10. The fourth-order valence-corrected chi connectivity index (χ4v) is 4.58. The van der Waals surface area contributed by atoms with Crippen LogP contribution in [-0.2, 0) is 15.0 Å². The maximum absolute atomic E-state index is 13.4. The number of benzene rings is 1. The number of piperidine rings is 1. The first-order chi connectivity index (χ1) is 11.4. The van der Waals surface area contributed by atoms with E-state index in [1.807, 2.05) is 36.1 Å². The third kappa shape index (κ3) is 3.04. The lowest BCUT2D eigenvalue weighted by Gasteiger charge is -2.40. The number of carboxylic acids is 1. The van der Waals surface area contributed by atoms with Crippen LogP contribution in [0.15, 0.2) is 24.3 Å². The summed E-state index contributed by atoms with van der Waals surface area (Å²) in [4.78, 5) is 26.6. The summed E-state index contributed by atoms with van der Waals surface area (Å²) < 4.78 is 0. The monoisotopic (exact) mass is 349 g/mol. The Morgan fingerprint density at radius 2 is 2.00 bits per heavy atom. The molecule has 1 amide bonds. The highest BCUT2D eigenvalue weighted by Gasteiger charge is 2.46. The molecule has 1 aliphatic heterocycles. The highest BCUT2D eigenvalue weighted by molar-refractivity contribution is 6.30. The number of carbonyl (C=O) groups is 2. The Balaban J connectivity index is 1.85. The molecule has 3 rings (SSSR count). The molecule has 1 aromatic carbocycles. The van der Waals surface area contributed by atoms with Gasteiger partial charge in [0.2, 0.25) is 5.91 Å². The van der Waals surface area contributed by atoms with Gasteiger partial charge in [-0.05, 0) is 42.9 Å². The Kier molecular flexibility index (Phi) is 4.86. The number of hydrogen-bond donors (Lipinski definition) is 1. The van der Waals surface area contributed by atoms with Crippen LogP contribution in [0.4, 0.5) is 0 Å². The Labute approximate surface area is 147 Å². The van der Waals surface area contributed by atoms with Crippen LogP contribution < -0.4 is 0 Å². The molecule has 0 aromatic heterocycles. The third-order valence-electron chi connectivity index (χ3n) is 5.75. The van der Waals surface area contributed by atoms with Crippen LogP contribution in [-0.4, -0.2) is 35.0 Å². The first kappa shape index (κ1) is 17.3. The van der Waals surface area contributed by atoms with Crippen molar-refractivity contribution < 1.29 is 14.7 Å². The molecule has 2 aliphatic rings. The zero-order valence-corrected chi connectivity index (χ0v) is 14.8. The van der Waals surface area contributed by atoms with Gasteiger partial charge in [-0.25, -0.2) is 0 Å². The highest BCUT2D eigenvalue weighted by atomic mass is 35.5. The number of hydrogen-bond acceptors (Lipinski definition) is 2. The van der Waals surface area contributed by atoms with Gasteiger partial charge in [0.1, 0.15) is 0 Å². The second kappa shape index (κ2) is 6.75. The Morgan fingerprint density at radius 3 is 2.58 bits per heavy atom. The number of likely N-dealkylation sites (tertiary alicyclic amines) is 1. The maximum atomic E-state index is 13.4. The van der Waals surface area contributed by atoms with E-state index in [0.29, 0.717) is 24.5 Å². The average molecular weight is 350 g/mol. The normalized spacial score (nSPS) is 26.3. The second-order valence-corrected chi connectivity index (χ2v) is 7.70. The predicted molar refractivity (Wildman–Crippen MR) is 93.1 cm³/mol. The topological polar surface area (TPSA) is 57.6 Å². The lowest BCUT2D eigenvalue weighted by Crippen LogP contribution is -2.51. The van der Waals surface area contributed by atoms with Crippen molar-refractivity contribution in [3.8, 4) is 0 Å². The molecule has 1 saturated heterocycles. The van der Waals surface area contributed by atoms with Gasteiger partial charge < -0.3 is 10.0 Å². The molecule has 1 saturated carbocycles. The predicted octanol–water partition coefficient (Wildman–Crippen LogP) is 3.72. The van der Waals surface area contributed by atoms with Gasteiger partial charge in [-0.1, -0.05) is 43.5 Å². The standard InChI is InChI=1S/C19H24ClNO3/c1-13-12-21(10-7-16(13)17(22)23)18(24)19(8-2-3-9-19)14-5-4-6-15(20)11-14/h4-6,11,13,16H,2-3,7-10,12H2,1H3,(H,22,23). The van der Waals surface area contributed by atoms with Crippen molar-refractivity contribution in [1.29, 1.82) is 0 Å². The summed E-state index contributed by atoms with van der Waals surface area (Å²) in [6, 6.07) is 7.66. The van der Waals surface area contributed by atoms with Gasteiger partial charge >= 0.3 is 5.97 Å². The zero-order valence-electron chi connectivity index (χ0n) is 14.0. The summed E-state index contributed by atoms with van der Waals surface area (Å²) in [5.74, 6) is -0.962. The van der Waals surface area contributed by atoms with E-state index in [9.17, 15) is 14.7 Å². The van der Waals surface area contributed by atoms with E-state index in [0.717, 1.165) is 31.2 Å². The lowest BCUT2D eigenvalue weighted by atomic mass is 9.76. The molecule has 24 heavy (non-hydrogen) atoms. The number of amides is 1. The van der Waals surface area contributed by atoms with Crippen LogP contribution >= 0.6 is 11.6 Å². The molecule has 130 valence electrons. The van der Waals surface area contributed by atoms with Crippen molar-refractivity contribution in [2.45, 2.75) is 44.4 Å².